The average molecular weight is 436 g/mol. The molecule has 1 aromatic heterocycles. The highest BCUT2D eigenvalue weighted by Gasteiger charge is 2.34. The Hall–Kier alpha value is -2.98. The molecule has 0 bridgehead atoms. The van der Waals surface area contributed by atoms with Gasteiger partial charge < -0.3 is 9.64 Å². The van der Waals surface area contributed by atoms with Gasteiger partial charge in [-0.1, -0.05) is 6.07 Å². The Kier molecular flexibility index (Phi) is 5.20. The number of thiazole rings is 1. The minimum atomic E-state index is -3.76. The lowest BCUT2D eigenvalue weighted by Gasteiger charge is -2.18. The third-order valence-corrected chi connectivity index (χ3v) is 6.52. The van der Waals surface area contributed by atoms with E-state index in [1.54, 1.807) is 23.6 Å². The summed E-state index contributed by atoms with van der Waals surface area (Å²) >= 11 is 1.18. The molecule has 4 rings (SSSR count). The molecule has 1 amide bonds. The minimum Gasteiger partial charge on any atom is -0.480 e. The molecular formula is C19H18FN3O4S2. The average Bonchev–Trinajstić information content (AvgIpc) is 3.32. The Morgan fingerprint density at radius 2 is 2.03 bits per heavy atom. The number of carbonyl (C=O) groups is 1. The normalized spacial score (nSPS) is 16.8. The maximum absolute atomic E-state index is 13.3. The highest BCUT2D eigenvalue weighted by atomic mass is 32.2. The van der Waals surface area contributed by atoms with Crippen LogP contribution < -0.4 is 14.4 Å². The topological polar surface area (TPSA) is 88.6 Å². The second-order valence-electron chi connectivity index (χ2n) is 6.28. The molecule has 7 nitrogen and oxygen atoms in total. The lowest BCUT2D eigenvalue weighted by Crippen LogP contribution is -2.32. The summed E-state index contributed by atoms with van der Waals surface area (Å²) in [6.45, 7) is 0.419. The zero-order chi connectivity index (χ0) is 20.4. The van der Waals surface area contributed by atoms with E-state index >= 15 is 0 Å². The van der Waals surface area contributed by atoms with Crippen LogP contribution >= 0.6 is 11.3 Å². The van der Waals surface area contributed by atoms with Gasteiger partial charge in [-0.15, -0.1) is 11.3 Å². The number of hydrogen-bond donors (Lipinski definition) is 1. The third kappa shape index (κ3) is 4.22. The number of ether oxygens (including phenoxy) is 1. The zero-order valence-corrected chi connectivity index (χ0v) is 16.6. The summed E-state index contributed by atoms with van der Waals surface area (Å²) in [7, 11) is -3.76. The van der Waals surface area contributed by atoms with Crippen molar-refractivity contribution in [1.82, 2.24) is 4.98 Å². The second-order valence-corrected chi connectivity index (χ2v) is 8.86. The molecule has 1 unspecified atom stereocenters. The Bertz CT molecular complexity index is 1120. The molecular weight excluding hydrogens is 417 g/mol. The van der Waals surface area contributed by atoms with Gasteiger partial charge in [0.05, 0.1) is 4.90 Å². The first-order valence-corrected chi connectivity index (χ1v) is 11.0. The van der Waals surface area contributed by atoms with E-state index in [-0.39, 0.29) is 17.4 Å². The van der Waals surface area contributed by atoms with E-state index < -0.39 is 21.9 Å². The number of halogens is 1. The first kappa shape index (κ1) is 19.3. The van der Waals surface area contributed by atoms with Crippen molar-refractivity contribution in [2.24, 2.45) is 0 Å². The van der Waals surface area contributed by atoms with Crippen LogP contribution in [0.5, 0.6) is 5.75 Å². The first-order valence-electron chi connectivity index (χ1n) is 8.68. The molecule has 2 heterocycles. The number of anilines is 2. The Labute approximate surface area is 172 Å². The van der Waals surface area contributed by atoms with E-state index in [1.165, 1.54) is 52.8 Å². The fourth-order valence-corrected chi connectivity index (χ4v) is 4.77. The lowest BCUT2D eigenvalue weighted by atomic mass is 10.3. The smallest absolute Gasteiger partial charge is 0.268 e. The predicted molar refractivity (Wildman–Crippen MR) is 109 cm³/mol. The molecule has 1 aliphatic rings. The van der Waals surface area contributed by atoms with Crippen molar-refractivity contribution >= 4 is 38.1 Å². The molecule has 1 N–H and O–H groups in total. The Morgan fingerprint density at radius 3 is 2.72 bits per heavy atom. The van der Waals surface area contributed by atoms with Crippen molar-refractivity contribution in [2.75, 3.05) is 16.2 Å². The predicted octanol–water partition coefficient (Wildman–Crippen LogP) is 3.51. The summed E-state index contributed by atoms with van der Waals surface area (Å²) in [4.78, 5) is 18.1. The Balaban J connectivity index is 0.00000256. The summed E-state index contributed by atoms with van der Waals surface area (Å²) in [5.41, 5.74) is 0.563. The number of rotatable bonds is 6. The molecule has 0 saturated carbocycles. The van der Waals surface area contributed by atoms with Gasteiger partial charge in [0, 0.05) is 37.7 Å². The molecule has 1 saturated heterocycles. The number of carbonyl (C=O) groups excluding carboxylic acids is 1. The van der Waals surface area contributed by atoms with Gasteiger partial charge in [-0.25, -0.2) is 17.8 Å². The number of sulfonamides is 1. The SMILES string of the molecule is O=C1C(Oc2cccc(F)c2)CCN1c1ccc(S(=O)(=O)Nc2nccs2)cc1.[HH]. The van der Waals surface area contributed by atoms with Crippen LogP contribution in [0.3, 0.4) is 0 Å². The summed E-state index contributed by atoms with van der Waals surface area (Å²) in [6, 6.07) is 11.6. The number of benzene rings is 2. The molecule has 29 heavy (non-hydrogen) atoms. The van der Waals surface area contributed by atoms with E-state index in [0.717, 1.165) is 0 Å². The molecule has 3 aromatic rings. The van der Waals surface area contributed by atoms with Gasteiger partial charge in [0.2, 0.25) is 0 Å². The fraction of sp³-hybridized carbons (Fsp3) is 0.158. The van der Waals surface area contributed by atoms with E-state index in [2.05, 4.69) is 9.71 Å². The van der Waals surface area contributed by atoms with Gasteiger partial charge in [0.15, 0.2) is 11.2 Å². The first-order chi connectivity index (χ1) is 13.9. The van der Waals surface area contributed by atoms with Crippen LogP contribution in [0.4, 0.5) is 15.2 Å². The van der Waals surface area contributed by atoms with Crippen molar-refractivity contribution in [1.29, 1.82) is 0 Å². The minimum absolute atomic E-state index is 0. The third-order valence-electron chi connectivity index (χ3n) is 4.34. The van der Waals surface area contributed by atoms with Crippen LogP contribution in [0.1, 0.15) is 7.85 Å². The van der Waals surface area contributed by atoms with E-state index in [9.17, 15) is 17.6 Å². The molecule has 1 atom stereocenters. The van der Waals surface area contributed by atoms with Crippen LogP contribution in [-0.2, 0) is 14.8 Å². The summed E-state index contributed by atoms with van der Waals surface area (Å²) in [6.07, 6.45) is 1.24. The molecule has 1 aliphatic heterocycles. The summed E-state index contributed by atoms with van der Waals surface area (Å²) in [5.74, 6) is -0.404. The zero-order valence-electron chi connectivity index (χ0n) is 15.0. The lowest BCUT2D eigenvalue weighted by molar-refractivity contribution is -0.122. The van der Waals surface area contributed by atoms with Gasteiger partial charge in [-0.2, -0.15) is 0 Å². The van der Waals surface area contributed by atoms with Crippen LogP contribution in [-0.4, -0.2) is 32.0 Å². The molecule has 152 valence electrons. The van der Waals surface area contributed by atoms with E-state index in [4.69, 9.17) is 4.74 Å². The quantitative estimate of drug-likeness (QED) is 0.640. The maximum atomic E-state index is 13.3. The number of hydrogen-bond acceptors (Lipinski definition) is 6. The molecule has 2 aromatic carbocycles. The monoisotopic (exact) mass is 435 g/mol. The molecule has 0 aliphatic carbocycles. The van der Waals surface area contributed by atoms with Crippen LogP contribution in [0.15, 0.2) is 65.0 Å². The van der Waals surface area contributed by atoms with Crippen molar-refractivity contribution in [2.45, 2.75) is 17.4 Å². The van der Waals surface area contributed by atoms with Gasteiger partial charge in [-0.3, -0.25) is 9.52 Å². The standard InChI is InChI=1S/C19H16FN3O4S2.H2/c20-13-2-1-3-15(12-13)27-17-8-10-23(18(17)24)14-4-6-16(7-5-14)29(25,26)22-19-21-9-11-28-19;/h1-7,9,11-12,17H,8,10H2,(H,21,22);1H. The summed E-state index contributed by atoms with van der Waals surface area (Å²) < 4.78 is 46.1. The van der Waals surface area contributed by atoms with Crippen LogP contribution in [0.25, 0.3) is 0 Å². The van der Waals surface area contributed by atoms with Gasteiger partial charge in [0.1, 0.15) is 11.6 Å². The number of nitrogens with zero attached hydrogens (tertiary/aromatic N) is 2. The van der Waals surface area contributed by atoms with Crippen molar-refractivity contribution in [3.05, 3.63) is 65.9 Å². The largest absolute Gasteiger partial charge is 0.480 e. The second kappa shape index (κ2) is 7.80. The van der Waals surface area contributed by atoms with Gasteiger partial charge in [-0.05, 0) is 36.4 Å². The van der Waals surface area contributed by atoms with E-state index in [0.29, 0.717) is 24.4 Å². The van der Waals surface area contributed by atoms with Crippen molar-refractivity contribution < 1.29 is 23.8 Å². The van der Waals surface area contributed by atoms with Crippen LogP contribution in [0.2, 0.25) is 0 Å². The highest BCUT2D eigenvalue weighted by Crippen LogP contribution is 2.27. The Morgan fingerprint density at radius 1 is 1.24 bits per heavy atom. The summed E-state index contributed by atoms with van der Waals surface area (Å²) in [5, 5.41) is 1.95. The number of aromatic nitrogens is 1. The molecule has 10 heteroatoms. The highest BCUT2D eigenvalue weighted by molar-refractivity contribution is 7.93. The van der Waals surface area contributed by atoms with Crippen LogP contribution in [0, 0.1) is 5.82 Å². The molecule has 0 radical (unpaired) electrons. The fourth-order valence-electron chi connectivity index (χ4n) is 2.98. The maximum Gasteiger partial charge on any atom is 0.268 e. The number of nitrogens with one attached hydrogen (secondary N) is 1. The molecule has 0 spiro atoms. The van der Waals surface area contributed by atoms with Gasteiger partial charge >= 0.3 is 0 Å². The molecule has 1 fully saturated rings. The van der Waals surface area contributed by atoms with E-state index in [1.807, 2.05) is 0 Å². The van der Waals surface area contributed by atoms with Gasteiger partial charge in [0.25, 0.3) is 15.9 Å². The van der Waals surface area contributed by atoms with Crippen molar-refractivity contribution in [3.8, 4) is 5.75 Å². The van der Waals surface area contributed by atoms with Crippen molar-refractivity contribution in [3.63, 3.8) is 0 Å². The number of amides is 1.